The molecule has 0 spiro atoms. The number of anilines is 1. The van der Waals surface area contributed by atoms with Gasteiger partial charge in [-0.1, -0.05) is 29.3 Å². The summed E-state index contributed by atoms with van der Waals surface area (Å²) in [6.45, 7) is 0. The Kier molecular flexibility index (Phi) is 3.92. The van der Waals surface area contributed by atoms with Crippen LogP contribution in [0.5, 0.6) is 11.6 Å². The van der Waals surface area contributed by atoms with E-state index in [9.17, 15) is 13.2 Å². The van der Waals surface area contributed by atoms with Crippen molar-refractivity contribution in [3.63, 3.8) is 0 Å². The number of rotatable bonds is 2. The largest absolute Gasteiger partial charge is 0.437 e. The van der Waals surface area contributed by atoms with E-state index < -0.39 is 17.8 Å². The SMILES string of the molecule is Nc1nc(Oc2cccc(Cl)c2Cl)cc(C(F)(F)F)n1. The summed E-state index contributed by atoms with van der Waals surface area (Å²) in [6, 6.07) is 5.08. The fourth-order valence-corrected chi connectivity index (χ4v) is 1.65. The highest BCUT2D eigenvalue weighted by atomic mass is 35.5. The lowest BCUT2D eigenvalue weighted by molar-refractivity contribution is -0.141. The normalized spacial score (nSPS) is 11.4. The standard InChI is InChI=1S/C11H6Cl2F3N3O/c12-5-2-1-3-6(9(5)13)20-8-4-7(11(14,15)16)18-10(17)19-8/h1-4H,(H2,17,18,19). The number of hydrogen-bond acceptors (Lipinski definition) is 4. The van der Waals surface area contributed by atoms with Crippen LogP contribution in [0.1, 0.15) is 5.69 Å². The van der Waals surface area contributed by atoms with Crippen molar-refractivity contribution in [1.82, 2.24) is 9.97 Å². The summed E-state index contributed by atoms with van der Waals surface area (Å²) in [4.78, 5) is 6.65. The Balaban J connectivity index is 2.39. The predicted octanol–water partition coefficient (Wildman–Crippen LogP) is 4.18. The molecule has 2 N–H and O–H groups in total. The topological polar surface area (TPSA) is 61.0 Å². The van der Waals surface area contributed by atoms with Crippen molar-refractivity contribution < 1.29 is 17.9 Å². The fourth-order valence-electron chi connectivity index (χ4n) is 1.32. The summed E-state index contributed by atoms with van der Waals surface area (Å²) in [5, 5.41) is 0.252. The maximum absolute atomic E-state index is 12.6. The summed E-state index contributed by atoms with van der Waals surface area (Å²) in [6.07, 6.45) is -4.66. The van der Waals surface area contributed by atoms with Gasteiger partial charge in [0.15, 0.2) is 5.69 Å². The van der Waals surface area contributed by atoms with E-state index in [2.05, 4.69) is 9.97 Å². The quantitative estimate of drug-likeness (QED) is 0.900. The van der Waals surface area contributed by atoms with E-state index in [0.29, 0.717) is 6.07 Å². The highest BCUT2D eigenvalue weighted by Gasteiger charge is 2.34. The van der Waals surface area contributed by atoms with Crippen molar-refractivity contribution in [3.8, 4) is 11.6 Å². The zero-order valence-electron chi connectivity index (χ0n) is 9.58. The van der Waals surface area contributed by atoms with Gasteiger partial charge in [-0.05, 0) is 12.1 Å². The van der Waals surface area contributed by atoms with E-state index in [-0.39, 0.29) is 21.7 Å². The number of hydrogen-bond donors (Lipinski definition) is 1. The van der Waals surface area contributed by atoms with Gasteiger partial charge < -0.3 is 10.5 Å². The van der Waals surface area contributed by atoms with Crippen LogP contribution in [0, 0.1) is 0 Å². The Morgan fingerprint density at radius 3 is 2.50 bits per heavy atom. The van der Waals surface area contributed by atoms with E-state index >= 15 is 0 Å². The van der Waals surface area contributed by atoms with Crippen molar-refractivity contribution in [1.29, 1.82) is 0 Å². The van der Waals surface area contributed by atoms with Gasteiger partial charge in [-0.3, -0.25) is 0 Å². The first kappa shape index (κ1) is 14.7. The van der Waals surface area contributed by atoms with Gasteiger partial charge in [-0.25, -0.2) is 4.98 Å². The van der Waals surface area contributed by atoms with Crippen LogP contribution >= 0.6 is 23.2 Å². The van der Waals surface area contributed by atoms with E-state index in [1.807, 2.05) is 0 Å². The Morgan fingerprint density at radius 2 is 1.85 bits per heavy atom. The molecule has 0 aliphatic rings. The van der Waals surface area contributed by atoms with Crippen molar-refractivity contribution in [3.05, 3.63) is 40.0 Å². The zero-order valence-corrected chi connectivity index (χ0v) is 11.1. The smallest absolute Gasteiger partial charge is 0.433 e. The van der Waals surface area contributed by atoms with Crippen LogP contribution in [0.15, 0.2) is 24.3 Å². The number of ether oxygens (including phenoxy) is 1. The van der Waals surface area contributed by atoms with Gasteiger partial charge in [0.1, 0.15) is 10.8 Å². The second kappa shape index (κ2) is 5.34. The number of nitrogens with two attached hydrogens (primary N) is 1. The van der Waals surface area contributed by atoms with Gasteiger partial charge in [0.05, 0.1) is 5.02 Å². The molecule has 2 aromatic rings. The van der Waals surface area contributed by atoms with Crippen molar-refractivity contribution in [2.45, 2.75) is 6.18 Å². The molecule has 0 radical (unpaired) electrons. The summed E-state index contributed by atoms with van der Waals surface area (Å²) in [5.41, 5.74) is 4.01. The van der Waals surface area contributed by atoms with Gasteiger partial charge >= 0.3 is 6.18 Å². The Morgan fingerprint density at radius 1 is 1.15 bits per heavy atom. The highest BCUT2D eigenvalue weighted by molar-refractivity contribution is 6.42. The summed E-state index contributed by atoms with van der Waals surface area (Å²) in [7, 11) is 0. The van der Waals surface area contributed by atoms with Crippen LogP contribution in [-0.4, -0.2) is 9.97 Å². The number of nitrogen functional groups attached to an aromatic ring is 1. The number of halogens is 5. The molecule has 0 bridgehead atoms. The summed E-state index contributed by atoms with van der Waals surface area (Å²) >= 11 is 11.6. The predicted molar refractivity (Wildman–Crippen MR) is 68.0 cm³/mol. The molecule has 0 amide bonds. The van der Waals surface area contributed by atoms with E-state index in [4.69, 9.17) is 33.7 Å². The minimum absolute atomic E-state index is 0.0555. The molecule has 2 rings (SSSR count). The average molecular weight is 324 g/mol. The first-order valence-corrected chi connectivity index (χ1v) is 5.86. The number of nitrogens with zero attached hydrogens (tertiary/aromatic N) is 2. The fraction of sp³-hybridized carbons (Fsp3) is 0.0909. The molecule has 1 heterocycles. The van der Waals surface area contributed by atoms with Gasteiger partial charge in [-0.15, -0.1) is 0 Å². The van der Waals surface area contributed by atoms with E-state index in [1.54, 1.807) is 0 Å². The third-order valence-electron chi connectivity index (χ3n) is 2.14. The molecule has 4 nitrogen and oxygen atoms in total. The van der Waals surface area contributed by atoms with Crippen molar-refractivity contribution >= 4 is 29.2 Å². The summed E-state index contributed by atoms with van der Waals surface area (Å²) in [5.74, 6) is -0.882. The minimum atomic E-state index is -4.66. The van der Waals surface area contributed by atoms with Gasteiger partial charge in [0.25, 0.3) is 0 Å². The molecule has 106 valence electrons. The van der Waals surface area contributed by atoms with Gasteiger partial charge in [0, 0.05) is 6.07 Å². The van der Waals surface area contributed by atoms with Crippen LogP contribution in [0.3, 0.4) is 0 Å². The Bertz CT molecular complexity index is 649. The monoisotopic (exact) mass is 323 g/mol. The molecule has 9 heteroatoms. The molecule has 0 unspecified atom stereocenters. The van der Waals surface area contributed by atoms with Crippen LogP contribution in [0.25, 0.3) is 0 Å². The molecular formula is C11H6Cl2F3N3O. The van der Waals surface area contributed by atoms with Crippen molar-refractivity contribution in [2.24, 2.45) is 0 Å². The number of benzene rings is 1. The molecule has 0 aliphatic heterocycles. The third kappa shape index (κ3) is 3.23. The molecule has 0 saturated carbocycles. The lowest BCUT2D eigenvalue weighted by atomic mass is 10.3. The minimum Gasteiger partial charge on any atom is -0.437 e. The molecule has 0 fully saturated rings. The number of alkyl halides is 3. The van der Waals surface area contributed by atoms with Crippen LogP contribution in [0.2, 0.25) is 10.0 Å². The second-order valence-corrected chi connectivity index (χ2v) is 4.39. The lowest BCUT2D eigenvalue weighted by Crippen LogP contribution is -2.11. The second-order valence-electron chi connectivity index (χ2n) is 3.60. The molecule has 1 aromatic carbocycles. The molecule has 0 aliphatic carbocycles. The van der Waals surface area contributed by atoms with Gasteiger partial charge in [0.2, 0.25) is 11.8 Å². The average Bonchev–Trinajstić information content (AvgIpc) is 2.33. The first-order chi connectivity index (χ1) is 9.27. The van der Waals surface area contributed by atoms with Gasteiger partial charge in [-0.2, -0.15) is 18.2 Å². The maximum Gasteiger partial charge on any atom is 0.433 e. The van der Waals surface area contributed by atoms with Crippen LogP contribution in [0.4, 0.5) is 19.1 Å². The van der Waals surface area contributed by atoms with Crippen LogP contribution < -0.4 is 10.5 Å². The lowest BCUT2D eigenvalue weighted by Gasteiger charge is -2.10. The molecular weight excluding hydrogens is 318 g/mol. The molecule has 20 heavy (non-hydrogen) atoms. The highest BCUT2D eigenvalue weighted by Crippen LogP contribution is 2.35. The third-order valence-corrected chi connectivity index (χ3v) is 2.94. The number of aromatic nitrogens is 2. The first-order valence-electron chi connectivity index (χ1n) is 5.11. The molecule has 1 aromatic heterocycles. The molecule has 0 atom stereocenters. The summed E-state index contributed by atoms with van der Waals surface area (Å²) < 4.78 is 42.9. The molecule has 0 saturated heterocycles. The Hall–Kier alpha value is -1.73. The van der Waals surface area contributed by atoms with Crippen molar-refractivity contribution in [2.75, 3.05) is 5.73 Å². The zero-order chi connectivity index (χ0) is 14.9. The van der Waals surface area contributed by atoms with E-state index in [0.717, 1.165) is 0 Å². The van der Waals surface area contributed by atoms with E-state index in [1.165, 1.54) is 18.2 Å². The Labute approximate surface area is 121 Å². The maximum atomic E-state index is 12.6. The van der Waals surface area contributed by atoms with Crippen LogP contribution in [-0.2, 0) is 6.18 Å².